The normalized spacial score (nSPS) is 15.6. The number of amides is 1. The first-order valence-electron chi connectivity index (χ1n) is 9.46. The Bertz CT molecular complexity index is 1030. The number of nitrogens with zero attached hydrogens (tertiary/aromatic N) is 5. The molecular weight excluding hydrogens is 352 g/mol. The van der Waals surface area contributed by atoms with Crippen LogP contribution in [0.15, 0.2) is 43.5 Å². The summed E-state index contributed by atoms with van der Waals surface area (Å²) in [6.45, 7) is 8.16. The number of carbonyl (C=O) groups is 1. The monoisotopic (exact) mass is 376 g/mol. The third-order valence-corrected chi connectivity index (χ3v) is 5.35. The van der Waals surface area contributed by atoms with Crippen molar-refractivity contribution in [1.82, 2.24) is 29.8 Å². The van der Waals surface area contributed by atoms with E-state index in [0.29, 0.717) is 5.56 Å². The average molecular weight is 376 g/mol. The van der Waals surface area contributed by atoms with Gasteiger partial charge in [0, 0.05) is 35.3 Å². The fourth-order valence-corrected chi connectivity index (χ4v) is 3.54. The fourth-order valence-electron chi connectivity index (χ4n) is 3.54. The van der Waals surface area contributed by atoms with Crippen LogP contribution >= 0.6 is 0 Å². The van der Waals surface area contributed by atoms with E-state index in [1.54, 1.807) is 10.7 Å². The first-order chi connectivity index (χ1) is 13.5. The Morgan fingerprint density at radius 2 is 2.00 bits per heavy atom. The van der Waals surface area contributed by atoms with Crippen LogP contribution in [0.3, 0.4) is 0 Å². The minimum atomic E-state index is -0.0807. The lowest BCUT2D eigenvalue weighted by Gasteiger charge is -2.29. The van der Waals surface area contributed by atoms with Crippen LogP contribution in [0.2, 0.25) is 0 Å². The lowest BCUT2D eigenvalue weighted by Crippen LogP contribution is -2.43. The molecular formula is C21H24N6O. The van der Waals surface area contributed by atoms with E-state index >= 15 is 0 Å². The van der Waals surface area contributed by atoms with Crippen LogP contribution in [0, 0.1) is 6.92 Å². The molecule has 1 amide bonds. The average Bonchev–Trinajstić information content (AvgIpc) is 3.17. The van der Waals surface area contributed by atoms with Crippen molar-refractivity contribution in [2.75, 3.05) is 20.1 Å². The Balaban J connectivity index is 1.56. The van der Waals surface area contributed by atoms with Gasteiger partial charge in [-0.05, 0) is 63.7 Å². The van der Waals surface area contributed by atoms with Crippen molar-refractivity contribution in [2.24, 2.45) is 0 Å². The smallest absolute Gasteiger partial charge is 0.253 e. The van der Waals surface area contributed by atoms with E-state index < -0.39 is 0 Å². The number of pyridine rings is 2. The lowest BCUT2D eigenvalue weighted by atomic mass is 9.98. The minimum Gasteiger partial charge on any atom is -0.349 e. The maximum absolute atomic E-state index is 12.7. The topological polar surface area (TPSA) is 75.4 Å². The second-order valence-electron chi connectivity index (χ2n) is 7.37. The van der Waals surface area contributed by atoms with E-state index in [-0.39, 0.29) is 11.9 Å². The highest BCUT2D eigenvalue weighted by atomic mass is 16.1. The van der Waals surface area contributed by atoms with Crippen LogP contribution in [0.5, 0.6) is 0 Å². The van der Waals surface area contributed by atoms with Gasteiger partial charge < -0.3 is 10.2 Å². The van der Waals surface area contributed by atoms with E-state index in [9.17, 15) is 4.79 Å². The summed E-state index contributed by atoms with van der Waals surface area (Å²) in [5.74, 6) is -0.0807. The van der Waals surface area contributed by atoms with Gasteiger partial charge in [-0.1, -0.05) is 6.58 Å². The Labute approximate surface area is 164 Å². The molecule has 1 aliphatic heterocycles. The van der Waals surface area contributed by atoms with Crippen molar-refractivity contribution in [2.45, 2.75) is 25.8 Å². The van der Waals surface area contributed by atoms with Crippen LogP contribution in [-0.2, 0) is 0 Å². The Kier molecular flexibility index (Phi) is 4.92. The molecule has 144 valence electrons. The van der Waals surface area contributed by atoms with Gasteiger partial charge in [-0.3, -0.25) is 9.78 Å². The summed E-state index contributed by atoms with van der Waals surface area (Å²) in [5, 5.41) is 7.32. The summed E-state index contributed by atoms with van der Waals surface area (Å²) in [5.41, 5.74) is 4.74. The molecule has 0 aliphatic carbocycles. The Hall–Kier alpha value is -3.06. The molecule has 3 aromatic heterocycles. The van der Waals surface area contributed by atoms with Crippen molar-refractivity contribution < 1.29 is 4.79 Å². The van der Waals surface area contributed by atoms with Crippen molar-refractivity contribution in [3.05, 3.63) is 65.9 Å². The molecule has 3 aromatic rings. The predicted octanol–water partition coefficient (Wildman–Crippen LogP) is 2.32. The van der Waals surface area contributed by atoms with Gasteiger partial charge >= 0.3 is 0 Å². The Morgan fingerprint density at radius 3 is 2.79 bits per heavy atom. The molecule has 4 heterocycles. The zero-order chi connectivity index (χ0) is 19.7. The van der Waals surface area contributed by atoms with E-state index in [1.165, 1.54) is 6.33 Å². The van der Waals surface area contributed by atoms with Crippen LogP contribution in [0.4, 0.5) is 0 Å². The largest absolute Gasteiger partial charge is 0.349 e. The summed E-state index contributed by atoms with van der Waals surface area (Å²) in [6, 6.07) is 5.94. The number of aryl methyl sites for hydroxylation is 1. The summed E-state index contributed by atoms with van der Waals surface area (Å²) < 4.78 is 1.71. The Morgan fingerprint density at radius 1 is 1.21 bits per heavy atom. The number of rotatable bonds is 4. The molecule has 28 heavy (non-hydrogen) atoms. The zero-order valence-corrected chi connectivity index (χ0v) is 16.2. The molecule has 0 atom stereocenters. The zero-order valence-electron chi connectivity index (χ0n) is 16.2. The molecule has 7 nitrogen and oxygen atoms in total. The van der Waals surface area contributed by atoms with Crippen molar-refractivity contribution in [1.29, 1.82) is 0 Å². The maximum atomic E-state index is 12.7. The molecule has 1 saturated heterocycles. The van der Waals surface area contributed by atoms with Crippen molar-refractivity contribution in [3.63, 3.8) is 0 Å². The molecule has 1 N–H and O–H groups in total. The molecule has 4 rings (SSSR count). The highest BCUT2D eigenvalue weighted by Crippen LogP contribution is 2.24. The minimum absolute atomic E-state index is 0.0807. The number of hydrogen-bond donors (Lipinski definition) is 1. The van der Waals surface area contributed by atoms with Gasteiger partial charge in [0.1, 0.15) is 6.33 Å². The summed E-state index contributed by atoms with van der Waals surface area (Å²) >= 11 is 0. The number of hydrogen-bond acceptors (Lipinski definition) is 5. The number of likely N-dealkylation sites (tertiary alicyclic amines) is 1. The molecule has 0 radical (unpaired) electrons. The van der Waals surface area contributed by atoms with Gasteiger partial charge in [0.25, 0.3) is 5.91 Å². The number of carbonyl (C=O) groups excluding carboxylic acids is 1. The van der Waals surface area contributed by atoms with Gasteiger partial charge in [-0.15, -0.1) is 0 Å². The fraction of sp³-hybridized carbons (Fsp3) is 0.333. The molecule has 0 unspecified atom stereocenters. The van der Waals surface area contributed by atoms with Crippen LogP contribution in [0.25, 0.3) is 11.2 Å². The first kappa shape index (κ1) is 18.3. The summed E-state index contributed by atoms with van der Waals surface area (Å²) in [4.78, 5) is 23.6. The van der Waals surface area contributed by atoms with E-state index in [1.807, 2.05) is 31.3 Å². The van der Waals surface area contributed by atoms with E-state index in [0.717, 1.165) is 54.0 Å². The third-order valence-electron chi connectivity index (χ3n) is 5.35. The lowest BCUT2D eigenvalue weighted by molar-refractivity contribution is 0.0916. The summed E-state index contributed by atoms with van der Waals surface area (Å²) in [7, 11) is 2.11. The number of nitrogens with one attached hydrogen (secondary N) is 1. The molecule has 0 spiro atoms. The molecule has 0 saturated carbocycles. The number of aromatic nitrogens is 4. The quantitative estimate of drug-likeness (QED) is 0.756. The first-order valence-corrected chi connectivity index (χ1v) is 9.46. The predicted molar refractivity (Wildman–Crippen MR) is 108 cm³/mol. The third kappa shape index (κ3) is 3.66. The van der Waals surface area contributed by atoms with Gasteiger partial charge in [-0.25, -0.2) is 9.50 Å². The maximum Gasteiger partial charge on any atom is 0.253 e. The highest BCUT2D eigenvalue weighted by molar-refractivity contribution is 5.95. The SMILES string of the molecule is C=C(c1ccc2ncnn2c1)c1cc(C(=O)NC2CCN(C)CC2)cnc1C. The van der Waals surface area contributed by atoms with Crippen molar-refractivity contribution >= 4 is 17.1 Å². The van der Waals surface area contributed by atoms with Gasteiger partial charge in [-0.2, -0.15) is 5.10 Å². The number of piperidine rings is 1. The molecule has 7 heteroatoms. The van der Waals surface area contributed by atoms with E-state index in [4.69, 9.17) is 0 Å². The molecule has 1 fully saturated rings. The molecule has 1 aliphatic rings. The van der Waals surface area contributed by atoms with Crippen molar-refractivity contribution in [3.8, 4) is 0 Å². The standard InChI is InChI=1S/C21H24N6O/c1-14(16-4-5-20-23-13-24-27(20)12-16)19-10-17(11-22-15(19)2)21(28)25-18-6-8-26(3)9-7-18/h4-5,10-13,18H,1,6-9H2,2-3H3,(H,25,28). The summed E-state index contributed by atoms with van der Waals surface area (Å²) in [6.07, 6.45) is 6.98. The van der Waals surface area contributed by atoms with Crippen LogP contribution in [-0.4, -0.2) is 56.6 Å². The van der Waals surface area contributed by atoms with Crippen LogP contribution < -0.4 is 5.32 Å². The van der Waals surface area contributed by atoms with Gasteiger partial charge in [0.15, 0.2) is 5.65 Å². The van der Waals surface area contributed by atoms with Gasteiger partial charge in [0.05, 0.1) is 5.56 Å². The second-order valence-corrected chi connectivity index (χ2v) is 7.37. The molecule has 0 bridgehead atoms. The number of fused-ring (bicyclic) bond motifs is 1. The van der Waals surface area contributed by atoms with Gasteiger partial charge in [0.2, 0.25) is 0 Å². The second kappa shape index (κ2) is 7.52. The van der Waals surface area contributed by atoms with Crippen LogP contribution in [0.1, 0.15) is 40.0 Å². The highest BCUT2D eigenvalue weighted by Gasteiger charge is 2.20. The van der Waals surface area contributed by atoms with E-state index in [2.05, 4.69) is 38.9 Å². The molecule has 0 aromatic carbocycles.